The van der Waals surface area contributed by atoms with E-state index in [1.165, 1.54) is 6.33 Å². The van der Waals surface area contributed by atoms with Crippen molar-refractivity contribution in [2.24, 2.45) is 0 Å². The molecule has 0 amide bonds. The second kappa shape index (κ2) is 17.1. The molecule has 0 spiro atoms. The summed E-state index contributed by atoms with van der Waals surface area (Å²) in [6.07, 6.45) is 11.0. The Hall–Kier alpha value is -4.69. The number of nitrogens with one attached hydrogen (secondary N) is 1. The molecule has 2 aliphatic rings. The number of hydrogen-bond acceptors (Lipinski definition) is 14. The van der Waals surface area contributed by atoms with Crippen molar-refractivity contribution in [1.82, 2.24) is 44.9 Å². The molecule has 1 saturated carbocycles. The molecule has 1 unspecified atom stereocenters. The minimum Gasteiger partial charge on any atom is -0.487 e. The summed E-state index contributed by atoms with van der Waals surface area (Å²) in [6.45, 7) is 7.77. The first-order valence-corrected chi connectivity index (χ1v) is 16.7. The molecule has 1 saturated heterocycles. The first-order chi connectivity index (χ1) is 24.1. The van der Waals surface area contributed by atoms with Crippen LogP contribution in [0.5, 0.6) is 11.6 Å². The summed E-state index contributed by atoms with van der Waals surface area (Å²) in [5.74, 6) is 1.34. The highest BCUT2D eigenvalue weighted by Crippen LogP contribution is 2.35. The van der Waals surface area contributed by atoms with Gasteiger partial charge in [-0.1, -0.05) is 6.07 Å². The number of ether oxygens (including phenoxy) is 5. The standard InChI is InChI=1S/C33H43N11O5/c1-24(21-43-23-37-40-41-43)49-31-17-25(3-4-26(31)18-34)27-19-35-33(36-20-27)38-30-22-44(39-32(30)48-16-15-47-14-13-45-2)29-7-5-28(6-8-29)42-9-11-46-12-10-42/h3-4,17,19-20,22-24,28-29H,5-16,21H2,1-2H3,(H,35,36,38). The van der Waals surface area contributed by atoms with E-state index in [0.29, 0.717) is 67.8 Å². The molecule has 2 fully saturated rings. The van der Waals surface area contributed by atoms with Gasteiger partial charge >= 0.3 is 0 Å². The topological polar surface area (TPSA) is 172 Å². The van der Waals surface area contributed by atoms with Gasteiger partial charge in [-0.05, 0) is 60.7 Å². The van der Waals surface area contributed by atoms with Crippen LogP contribution in [0.25, 0.3) is 11.1 Å². The van der Waals surface area contributed by atoms with Crippen LogP contribution >= 0.6 is 0 Å². The van der Waals surface area contributed by atoms with Crippen molar-refractivity contribution in [2.45, 2.75) is 57.3 Å². The van der Waals surface area contributed by atoms with E-state index in [2.05, 4.69) is 41.8 Å². The molecule has 1 atom stereocenters. The van der Waals surface area contributed by atoms with Crippen LogP contribution < -0.4 is 14.8 Å². The van der Waals surface area contributed by atoms with Crippen LogP contribution in [0.15, 0.2) is 43.1 Å². The SMILES string of the molecule is COCCOCCOc1nn(C2CCC(N3CCOCC3)CC2)cc1Nc1ncc(-c2ccc(C#N)c(OC(C)Cn3cnnn3)c2)cn1. The molecular formula is C33H43N11O5. The van der Waals surface area contributed by atoms with Crippen molar-refractivity contribution < 1.29 is 23.7 Å². The van der Waals surface area contributed by atoms with Gasteiger partial charge < -0.3 is 29.0 Å². The minimum atomic E-state index is -0.275. The van der Waals surface area contributed by atoms with E-state index in [9.17, 15) is 5.26 Å². The summed E-state index contributed by atoms with van der Waals surface area (Å²) < 4.78 is 32.0. The highest BCUT2D eigenvalue weighted by molar-refractivity contribution is 5.67. The normalized spacial score (nSPS) is 18.9. The van der Waals surface area contributed by atoms with Gasteiger partial charge in [-0.25, -0.2) is 14.6 Å². The van der Waals surface area contributed by atoms with Crippen molar-refractivity contribution in [3.05, 3.63) is 48.7 Å². The van der Waals surface area contributed by atoms with Crippen molar-refractivity contribution in [2.75, 3.05) is 65.2 Å². The number of methoxy groups -OCH3 is 1. The molecule has 3 aromatic heterocycles. The summed E-state index contributed by atoms with van der Waals surface area (Å²) in [7, 11) is 1.64. The fourth-order valence-corrected chi connectivity index (χ4v) is 6.16. The van der Waals surface area contributed by atoms with E-state index in [-0.39, 0.29) is 12.1 Å². The molecule has 4 aromatic rings. The molecule has 260 valence electrons. The van der Waals surface area contributed by atoms with E-state index in [4.69, 9.17) is 28.8 Å². The van der Waals surface area contributed by atoms with E-state index < -0.39 is 0 Å². The Balaban J connectivity index is 1.12. The number of benzene rings is 1. The molecule has 4 heterocycles. The van der Waals surface area contributed by atoms with Crippen LogP contribution in [-0.4, -0.2) is 117 Å². The van der Waals surface area contributed by atoms with Crippen LogP contribution in [-0.2, 0) is 20.8 Å². The average Bonchev–Trinajstić information content (AvgIpc) is 3.80. The Morgan fingerprint density at radius 2 is 1.80 bits per heavy atom. The Bertz CT molecular complexity index is 1630. The molecule has 49 heavy (non-hydrogen) atoms. The zero-order chi connectivity index (χ0) is 33.8. The lowest BCUT2D eigenvalue weighted by molar-refractivity contribution is 0.00501. The third-order valence-electron chi connectivity index (χ3n) is 8.70. The van der Waals surface area contributed by atoms with Gasteiger partial charge in [0, 0.05) is 44.2 Å². The Labute approximate surface area is 285 Å². The van der Waals surface area contributed by atoms with Crippen LogP contribution in [0.2, 0.25) is 0 Å². The van der Waals surface area contributed by atoms with Crippen molar-refractivity contribution in [1.29, 1.82) is 5.26 Å². The van der Waals surface area contributed by atoms with E-state index in [0.717, 1.165) is 63.1 Å². The summed E-state index contributed by atoms with van der Waals surface area (Å²) >= 11 is 0. The first kappa shape index (κ1) is 34.2. The molecule has 1 aliphatic carbocycles. The molecule has 0 radical (unpaired) electrons. The van der Waals surface area contributed by atoms with Gasteiger partial charge in [0.2, 0.25) is 5.95 Å². The Morgan fingerprint density at radius 3 is 2.53 bits per heavy atom. The van der Waals surface area contributed by atoms with Crippen molar-refractivity contribution in [3.8, 4) is 28.8 Å². The largest absolute Gasteiger partial charge is 0.487 e. The number of nitrogens with zero attached hydrogens (tertiary/aromatic N) is 10. The zero-order valence-electron chi connectivity index (χ0n) is 28.0. The maximum Gasteiger partial charge on any atom is 0.257 e. The summed E-state index contributed by atoms with van der Waals surface area (Å²) in [6, 6.07) is 8.47. The molecule has 16 heteroatoms. The van der Waals surface area contributed by atoms with Crippen LogP contribution in [0, 0.1) is 11.3 Å². The lowest BCUT2D eigenvalue weighted by Crippen LogP contribution is -2.45. The molecule has 16 nitrogen and oxygen atoms in total. The van der Waals surface area contributed by atoms with Gasteiger partial charge in [-0.3, -0.25) is 9.58 Å². The molecule has 1 aromatic carbocycles. The molecule has 1 aliphatic heterocycles. The van der Waals surface area contributed by atoms with E-state index in [1.54, 1.807) is 30.3 Å². The number of nitriles is 1. The predicted octanol–water partition coefficient (Wildman–Crippen LogP) is 3.27. The van der Waals surface area contributed by atoms with Crippen molar-refractivity contribution in [3.63, 3.8) is 0 Å². The third-order valence-corrected chi connectivity index (χ3v) is 8.70. The second-order valence-electron chi connectivity index (χ2n) is 12.1. The quantitative estimate of drug-likeness (QED) is 0.172. The van der Waals surface area contributed by atoms with Gasteiger partial charge in [-0.2, -0.15) is 5.26 Å². The van der Waals surface area contributed by atoms with Gasteiger partial charge in [0.25, 0.3) is 5.88 Å². The van der Waals surface area contributed by atoms with E-state index >= 15 is 0 Å². The summed E-state index contributed by atoms with van der Waals surface area (Å²) in [5.41, 5.74) is 2.69. The van der Waals surface area contributed by atoms with Gasteiger partial charge in [0.15, 0.2) is 0 Å². The monoisotopic (exact) mass is 673 g/mol. The van der Waals surface area contributed by atoms with Crippen LogP contribution in [0.4, 0.5) is 11.6 Å². The maximum atomic E-state index is 9.67. The number of anilines is 2. The van der Waals surface area contributed by atoms with Gasteiger partial charge in [0.05, 0.1) is 57.4 Å². The third kappa shape index (κ3) is 9.27. The number of rotatable bonds is 16. The average molecular weight is 674 g/mol. The lowest BCUT2D eigenvalue weighted by atomic mass is 9.90. The van der Waals surface area contributed by atoms with Crippen LogP contribution in [0.3, 0.4) is 0 Å². The maximum absolute atomic E-state index is 9.67. The lowest BCUT2D eigenvalue weighted by Gasteiger charge is -2.38. The summed E-state index contributed by atoms with van der Waals surface area (Å²) in [4.78, 5) is 11.7. The Morgan fingerprint density at radius 1 is 1.02 bits per heavy atom. The number of morpholine rings is 1. The second-order valence-corrected chi connectivity index (χ2v) is 12.1. The number of hydrogen-bond donors (Lipinski definition) is 1. The smallest absolute Gasteiger partial charge is 0.257 e. The summed E-state index contributed by atoms with van der Waals surface area (Å²) in [5, 5.41) is 29.0. The number of aromatic nitrogens is 8. The van der Waals surface area contributed by atoms with Crippen LogP contribution in [0.1, 0.15) is 44.2 Å². The van der Waals surface area contributed by atoms with E-state index in [1.807, 2.05) is 29.9 Å². The molecular weight excluding hydrogens is 630 g/mol. The fraction of sp³-hybridized carbons (Fsp3) is 0.545. The molecule has 6 rings (SSSR count). The predicted molar refractivity (Wildman–Crippen MR) is 177 cm³/mol. The highest BCUT2D eigenvalue weighted by atomic mass is 16.5. The van der Waals surface area contributed by atoms with Gasteiger partial charge in [-0.15, -0.1) is 10.2 Å². The molecule has 1 N–H and O–H groups in total. The fourth-order valence-electron chi connectivity index (χ4n) is 6.16. The minimum absolute atomic E-state index is 0.275. The Kier molecular flexibility index (Phi) is 11.9. The molecule has 0 bridgehead atoms. The van der Waals surface area contributed by atoms with Gasteiger partial charge in [0.1, 0.15) is 36.5 Å². The first-order valence-electron chi connectivity index (χ1n) is 16.7. The zero-order valence-corrected chi connectivity index (χ0v) is 28.0. The number of tetrazole rings is 1. The van der Waals surface area contributed by atoms with Crippen molar-refractivity contribution >= 4 is 11.6 Å². The highest BCUT2D eigenvalue weighted by Gasteiger charge is 2.29.